The van der Waals surface area contributed by atoms with E-state index in [2.05, 4.69) is 27.5 Å². The molecule has 0 aromatic heterocycles. The Hall–Kier alpha value is -0.0600. The van der Waals surface area contributed by atoms with Crippen LogP contribution in [0.15, 0.2) is 22.7 Å². The van der Waals surface area contributed by atoms with E-state index < -0.39 is 0 Å². The number of rotatable bonds is 5. The lowest BCUT2D eigenvalue weighted by molar-refractivity contribution is 0.532. The zero-order chi connectivity index (χ0) is 13.0. The van der Waals surface area contributed by atoms with Gasteiger partial charge in [0.25, 0.3) is 0 Å². The van der Waals surface area contributed by atoms with Crippen LogP contribution in [0.1, 0.15) is 31.2 Å². The molecule has 100 valence electrons. The van der Waals surface area contributed by atoms with Crippen molar-refractivity contribution in [2.24, 2.45) is 0 Å². The Kier molecular flexibility index (Phi) is 5.10. The molecule has 1 aromatic rings. The third-order valence-electron chi connectivity index (χ3n) is 3.73. The molecule has 0 amide bonds. The predicted octanol–water partition coefficient (Wildman–Crippen LogP) is 4.35. The first-order chi connectivity index (χ1) is 8.65. The second-order valence-electron chi connectivity index (χ2n) is 4.93. The number of hydrogen-bond donors (Lipinski definition) is 1. The normalized spacial score (nSPS) is 18.2. The van der Waals surface area contributed by atoms with Crippen LogP contribution in [0.5, 0.6) is 0 Å². The van der Waals surface area contributed by atoms with Crippen molar-refractivity contribution in [3.8, 4) is 0 Å². The van der Waals surface area contributed by atoms with Gasteiger partial charge in [0.05, 0.1) is 0 Å². The molecule has 0 unspecified atom stereocenters. The minimum Gasteiger partial charge on any atom is -0.311 e. The minimum absolute atomic E-state index is 0.193. The number of thioether (sulfide) groups is 1. The van der Waals surface area contributed by atoms with Crippen LogP contribution in [0.3, 0.4) is 0 Å². The molecular weight excluding hydrogens is 313 g/mol. The van der Waals surface area contributed by atoms with Crippen LogP contribution in [0.2, 0.25) is 0 Å². The first kappa shape index (κ1) is 14.4. The van der Waals surface area contributed by atoms with E-state index in [4.69, 9.17) is 0 Å². The van der Waals surface area contributed by atoms with E-state index in [1.54, 1.807) is 0 Å². The third kappa shape index (κ3) is 3.49. The summed E-state index contributed by atoms with van der Waals surface area (Å²) in [4.78, 5) is 0. The van der Waals surface area contributed by atoms with Gasteiger partial charge in [-0.1, -0.05) is 34.8 Å². The molecule has 2 rings (SSSR count). The van der Waals surface area contributed by atoms with Gasteiger partial charge in [0.1, 0.15) is 5.82 Å². The van der Waals surface area contributed by atoms with Gasteiger partial charge in [-0.3, -0.25) is 0 Å². The summed E-state index contributed by atoms with van der Waals surface area (Å²) in [7, 11) is 0. The van der Waals surface area contributed by atoms with E-state index in [1.165, 1.54) is 37.8 Å². The van der Waals surface area contributed by atoms with Gasteiger partial charge in [-0.25, -0.2) is 4.39 Å². The van der Waals surface area contributed by atoms with Crippen molar-refractivity contribution in [2.45, 2.75) is 37.0 Å². The lowest BCUT2D eigenvalue weighted by Crippen LogP contribution is -2.34. The molecule has 0 aliphatic heterocycles. The predicted molar refractivity (Wildman–Crippen MR) is 80.5 cm³/mol. The third-order valence-corrected chi connectivity index (χ3v) is 5.88. The Morgan fingerprint density at radius 1 is 1.39 bits per heavy atom. The fourth-order valence-electron chi connectivity index (χ4n) is 2.56. The molecule has 1 fully saturated rings. The van der Waals surface area contributed by atoms with E-state index in [-0.39, 0.29) is 5.82 Å². The van der Waals surface area contributed by atoms with Crippen molar-refractivity contribution in [3.63, 3.8) is 0 Å². The lowest BCUT2D eigenvalue weighted by atomic mass is 10.1. The Morgan fingerprint density at radius 3 is 2.72 bits per heavy atom. The van der Waals surface area contributed by atoms with Gasteiger partial charge in [-0.15, -0.1) is 0 Å². The smallest absolute Gasteiger partial charge is 0.124 e. The van der Waals surface area contributed by atoms with Crippen molar-refractivity contribution in [1.82, 2.24) is 5.32 Å². The van der Waals surface area contributed by atoms with Crippen LogP contribution >= 0.6 is 27.7 Å². The highest BCUT2D eigenvalue weighted by atomic mass is 79.9. The standard InChI is InChI=1S/C14H19BrFNS/c1-18-14(6-2-3-7-14)10-17-9-11-4-5-12(16)8-13(11)15/h4-5,8,17H,2-3,6-7,9-10H2,1H3. The van der Waals surface area contributed by atoms with Crippen LogP contribution in [0, 0.1) is 5.82 Å². The second-order valence-corrected chi connectivity index (χ2v) is 7.06. The fourth-order valence-corrected chi connectivity index (χ4v) is 4.00. The molecule has 1 nitrogen and oxygen atoms in total. The van der Waals surface area contributed by atoms with Crippen LogP contribution in [-0.2, 0) is 6.54 Å². The number of benzene rings is 1. The highest BCUT2D eigenvalue weighted by Crippen LogP contribution is 2.39. The second kappa shape index (κ2) is 6.40. The Morgan fingerprint density at radius 2 is 2.11 bits per heavy atom. The van der Waals surface area contributed by atoms with Gasteiger partial charge < -0.3 is 5.32 Å². The first-order valence-electron chi connectivity index (χ1n) is 6.35. The van der Waals surface area contributed by atoms with E-state index in [0.717, 1.165) is 23.1 Å². The van der Waals surface area contributed by atoms with Crippen LogP contribution in [-0.4, -0.2) is 17.5 Å². The molecule has 18 heavy (non-hydrogen) atoms. The van der Waals surface area contributed by atoms with Crippen molar-refractivity contribution >= 4 is 27.7 Å². The number of nitrogens with one attached hydrogen (secondary N) is 1. The van der Waals surface area contributed by atoms with Gasteiger partial charge in [-0.05, 0) is 36.8 Å². The Labute approximate surface area is 121 Å². The van der Waals surface area contributed by atoms with E-state index in [9.17, 15) is 4.39 Å². The highest BCUT2D eigenvalue weighted by Gasteiger charge is 2.32. The molecule has 0 atom stereocenters. The number of hydrogen-bond acceptors (Lipinski definition) is 2. The highest BCUT2D eigenvalue weighted by molar-refractivity contribution is 9.10. The summed E-state index contributed by atoms with van der Waals surface area (Å²) in [6.07, 6.45) is 7.53. The molecular formula is C14H19BrFNS. The summed E-state index contributed by atoms with van der Waals surface area (Å²) in [5, 5.41) is 3.52. The summed E-state index contributed by atoms with van der Waals surface area (Å²) in [6.45, 7) is 1.83. The van der Waals surface area contributed by atoms with E-state index >= 15 is 0 Å². The molecule has 0 radical (unpaired) electrons. The molecule has 1 saturated carbocycles. The number of halogens is 2. The van der Waals surface area contributed by atoms with Crippen molar-refractivity contribution < 1.29 is 4.39 Å². The molecule has 1 N–H and O–H groups in total. The van der Waals surface area contributed by atoms with Crippen LogP contribution in [0.4, 0.5) is 4.39 Å². The van der Waals surface area contributed by atoms with Gasteiger partial charge in [0, 0.05) is 22.3 Å². The van der Waals surface area contributed by atoms with Crippen LogP contribution < -0.4 is 5.32 Å². The summed E-state index contributed by atoms with van der Waals surface area (Å²) in [6, 6.07) is 4.88. The van der Waals surface area contributed by atoms with Crippen molar-refractivity contribution in [2.75, 3.05) is 12.8 Å². The summed E-state index contributed by atoms with van der Waals surface area (Å²) >= 11 is 5.39. The van der Waals surface area contributed by atoms with Crippen molar-refractivity contribution in [3.05, 3.63) is 34.1 Å². The van der Waals surface area contributed by atoms with Gasteiger partial charge >= 0.3 is 0 Å². The molecule has 0 heterocycles. The first-order valence-corrected chi connectivity index (χ1v) is 8.37. The lowest BCUT2D eigenvalue weighted by Gasteiger charge is -2.27. The maximum atomic E-state index is 13.0. The molecule has 1 aromatic carbocycles. The molecule has 0 saturated heterocycles. The van der Waals surface area contributed by atoms with Gasteiger partial charge in [-0.2, -0.15) is 11.8 Å². The summed E-state index contributed by atoms with van der Waals surface area (Å²) in [5.74, 6) is -0.193. The van der Waals surface area contributed by atoms with Gasteiger partial charge in [0.15, 0.2) is 0 Å². The molecule has 0 bridgehead atoms. The molecule has 0 spiro atoms. The minimum atomic E-state index is -0.193. The van der Waals surface area contributed by atoms with E-state index in [0.29, 0.717) is 4.75 Å². The molecule has 1 aliphatic rings. The monoisotopic (exact) mass is 331 g/mol. The zero-order valence-corrected chi connectivity index (χ0v) is 13.0. The Bertz CT molecular complexity index is 405. The maximum absolute atomic E-state index is 13.0. The van der Waals surface area contributed by atoms with Crippen LogP contribution in [0.25, 0.3) is 0 Å². The van der Waals surface area contributed by atoms with E-state index in [1.807, 2.05) is 17.8 Å². The maximum Gasteiger partial charge on any atom is 0.124 e. The molecule has 4 heteroatoms. The SMILES string of the molecule is CSC1(CNCc2ccc(F)cc2Br)CCCC1. The molecule has 1 aliphatic carbocycles. The topological polar surface area (TPSA) is 12.0 Å². The quantitative estimate of drug-likeness (QED) is 0.860. The van der Waals surface area contributed by atoms with Crippen molar-refractivity contribution in [1.29, 1.82) is 0 Å². The summed E-state index contributed by atoms with van der Waals surface area (Å²) in [5.41, 5.74) is 1.12. The largest absolute Gasteiger partial charge is 0.311 e. The fraction of sp³-hybridized carbons (Fsp3) is 0.571. The average Bonchev–Trinajstić information content (AvgIpc) is 2.81. The zero-order valence-electron chi connectivity index (χ0n) is 10.6. The Balaban J connectivity index is 1.88. The average molecular weight is 332 g/mol. The van der Waals surface area contributed by atoms with Gasteiger partial charge in [0.2, 0.25) is 0 Å². The summed E-state index contributed by atoms with van der Waals surface area (Å²) < 4.78 is 14.2.